The van der Waals surface area contributed by atoms with Crippen LogP contribution in [0.2, 0.25) is 0 Å². The predicted octanol–water partition coefficient (Wildman–Crippen LogP) is 9.64. The molecule has 0 N–H and O–H groups in total. The van der Waals surface area contributed by atoms with Gasteiger partial charge >= 0.3 is 6.11 Å². The molecule has 0 aromatic heterocycles. The van der Waals surface area contributed by atoms with Gasteiger partial charge in [0.2, 0.25) is 0 Å². The van der Waals surface area contributed by atoms with Crippen LogP contribution in [0.25, 0.3) is 11.1 Å². The highest BCUT2D eigenvalue weighted by molar-refractivity contribution is 5.70. The molecule has 1 aliphatic carbocycles. The van der Waals surface area contributed by atoms with Crippen LogP contribution >= 0.6 is 0 Å². The van der Waals surface area contributed by atoms with Crippen LogP contribution in [-0.4, -0.2) is 0 Å². The summed E-state index contributed by atoms with van der Waals surface area (Å²) in [5.74, 6) is -7.78. The number of rotatable bonds is 8. The van der Waals surface area contributed by atoms with Gasteiger partial charge in [-0.2, -0.15) is 8.78 Å². The second kappa shape index (κ2) is 11.2. The van der Waals surface area contributed by atoms with Gasteiger partial charge < -0.3 is 4.74 Å². The SMILES string of the molecule is CCCCC1CCC(c2cc(F)c(C(F)(F)Oc3ccccc3-c3cc(F)c(F)c(F)c3)c(F)c2)CC1. The second-order valence-corrected chi connectivity index (χ2v) is 9.59. The number of unbranched alkanes of at least 4 members (excludes halogenated alkanes) is 1. The molecule has 3 aromatic carbocycles. The van der Waals surface area contributed by atoms with Crippen LogP contribution in [-0.2, 0) is 6.11 Å². The van der Waals surface area contributed by atoms with Crippen molar-refractivity contribution in [3.63, 3.8) is 0 Å². The number of hydrogen-bond donors (Lipinski definition) is 0. The quantitative estimate of drug-likeness (QED) is 0.211. The van der Waals surface area contributed by atoms with Crippen LogP contribution in [0, 0.1) is 35.0 Å². The van der Waals surface area contributed by atoms with Gasteiger partial charge in [-0.25, -0.2) is 22.0 Å². The Morgan fingerprint density at radius 1 is 0.811 bits per heavy atom. The first-order chi connectivity index (χ1) is 17.6. The van der Waals surface area contributed by atoms with E-state index in [0.717, 1.165) is 63.1 Å². The first-order valence-corrected chi connectivity index (χ1v) is 12.4. The van der Waals surface area contributed by atoms with E-state index in [0.29, 0.717) is 23.6 Å². The zero-order valence-electron chi connectivity index (χ0n) is 20.3. The first-order valence-electron chi connectivity index (χ1n) is 12.4. The average Bonchev–Trinajstić information content (AvgIpc) is 2.85. The topological polar surface area (TPSA) is 9.23 Å². The van der Waals surface area contributed by atoms with Crippen LogP contribution in [0.3, 0.4) is 0 Å². The van der Waals surface area contributed by atoms with Crippen molar-refractivity contribution in [1.29, 1.82) is 0 Å². The molecule has 0 amide bonds. The fourth-order valence-corrected chi connectivity index (χ4v) is 5.08. The summed E-state index contributed by atoms with van der Waals surface area (Å²) in [5.41, 5.74) is -1.72. The predicted molar refractivity (Wildman–Crippen MR) is 127 cm³/mol. The van der Waals surface area contributed by atoms with Crippen LogP contribution in [0.1, 0.15) is 68.9 Å². The summed E-state index contributed by atoms with van der Waals surface area (Å²) < 4.78 is 106. The normalized spacial score (nSPS) is 18.2. The molecule has 0 saturated heterocycles. The molecule has 198 valence electrons. The Labute approximate surface area is 211 Å². The third-order valence-corrected chi connectivity index (χ3v) is 7.06. The van der Waals surface area contributed by atoms with Crippen LogP contribution in [0.15, 0.2) is 48.5 Å². The van der Waals surface area contributed by atoms with Crippen molar-refractivity contribution in [3.8, 4) is 16.9 Å². The minimum atomic E-state index is -4.45. The highest BCUT2D eigenvalue weighted by Crippen LogP contribution is 2.42. The molecule has 0 radical (unpaired) electrons. The molecule has 0 bridgehead atoms. The summed E-state index contributed by atoms with van der Waals surface area (Å²) in [4.78, 5) is 0. The zero-order chi connectivity index (χ0) is 26.7. The van der Waals surface area contributed by atoms with Gasteiger partial charge in [-0.15, -0.1) is 0 Å². The molecule has 1 nitrogen and oxygen atoms in total. The minimum Gasteiger partial charge on any atom is -0.428 e. The Morgan fingerprint density at radius 2 is 1.41 bits per heavy atom. The Hall–Kier alpha value is -3.03. The van der Waals surface area contributed by atoms with Gasteiger partial charge in [-0.3, -0.25) is 0 Å². The monoisotopic (exact) mass is 524 g/mol. The van der Waals surface area contributed by atoms with E-state index >= 15 is 8.78 Å². The molecule has 0 unspecified atom stereocenters. The smallest absolute Gasteiger partial charge is 0.428 e. The molecule has 0 spiro atoms. The van der Waals surface area contributed by atoms with E-state index in [1.165, 1.54) is 18.2 Å². The summed E-state index contributed by atoms with van der Waals surface area (Å²) in [6, 6.07) is 8.06. The lowest BCUT2D eigenvalue weighted by molar-refractivity contribution is -0.189. The maximum atomic E-state index is 15.1. The van der Waals surface area contributed by atoms with E-state index in [1.54, 1.807) is 0 Å². The van der Waals surface area contributed by atoms with E-state index in [9.17, 15) is 22.0 Å². The summed E-state index contributed by atoms with van der Waals surface area (Å²) in [6.07, 6.45) is 2.24. The van der Waals surface area contributed by atoms with Crippen molar-refractivity contribution in [2.75, 3.05) is 0 Å². The van der Waals surface area contributed by atoms with Gasteiger partial charge in [0.05, 0.1) is 0 Å². The highest BCUT2D eigenvalue weighted by Gasteiger charge is 2.42. The van der Waals surface area contributed by atoms with Crippen molar-refractivity contribution < 1.29 is 35.5 Å². The largest absolute Gasteiger partial charge is 0.432 e. The van der Waals surface area contributed by atoms with Gasteiger partial charge in [-0.1, -0.05) is 44.4 Å². The summed E-state index contributed by atoms with van der Waals surface area (Å²) in [5, 5.41) is 0. The molecule has 37 heavy (non-hydrogen) atoms. The van der Waals surface area contributed by atoms with Crippen LogP contribution < -0.4 is 4.74 Å². The molecule has 1 fully saturated rings. The van der Waals surface area contributed by atoms with Crippen molar-refractivity contribution in [3.05, 3.63) is 88.7 Å². The molecule has 4 rings (SSSR count). The van der Waals surface area contributed by atoms with E-state index in [4.69, 9.17) is 4.74 Å². The van der Waals surface area contributed by atoms with Gasteiger partial charge in [-0.05, 0) is 79.0 Å². The minimum absolute atomic E-state index is 0.116. The maximum absolute atomic E-state index is 15.1. The molecule has 8 heteroatoms. The molecule has 0 atom stereocenters. The van der Waals surface area contributed by atoms with Crippen molar-refractivity contribution in [2.24, 2.45) is 5.92 Å². The summed E-state index contributed by atoms with van der Waals surface area (Å²) in [6.45, 7) is 2.12. The average molecular weight is 525 g/mol. The fourth-order valence-electron chi connectivity index (χ4n) is 5.08. The number of para-hydroxylation sites is 1. The van der Waals surface area contributed by atoms with Gasteiger partial charge in [0.25, 0.3) is 0 Å². The Kier molecular flexibility index (Phi) is 8.14. The first kappa shape index (κ1) is 27.0. The zero-order valence-corrected chi connectivity index (χ0v) is 20.3. The second-order valence-electron chi connectivity index (χ2n) is 9.59. The van der Waals surface area contributed by atoms with E-state index in [-0.39, 0.29) is 17.0 Å². The van der Waals surface area contributed by atoms with Crippen molar-refractivity contribution in [2.45, 2.75) is 63.9 Å². The number of hydrogen-bond acceptors (Lipinski definition) is 1. The van der Waals surface area contributed by atoms with Gasteiger partial charge in [0.1, 0.15) is 22.9 Å². The summed E-state index contributed by atoms with van der Waals surface area (Å²) >= 11 is 0. The lowest BCUT2D eigenvalue weighted by Gasteiger charge is -2.29. The van der Waals surface area contributed by atoms with Crippen LogP contribution in [0.5, 0.6) is 5.75 Å². The Bertz CT molecular complexity index is 1200. The maximum Gasteiger partial charge on any atom is 0.432 e. The van der Waals surface area contributed by atoms with Gasteiger partial charge in [0.15, 0.2) is 17.5 Å². The van der Waals surface area contributed by atoms with E-state index in [2.05, 4.69) is 6.92 Å². The number of halogens is 7. The van der Waals surface area contributed by atoms with E-state index in [1.807, 2.05) is 0 Å². The molecule has 3 aromatic rings. The van der Waals surface area contributed by atoms with Crippen LogP contribution in [0.4, 0.5) is 30.7 Å². The number of alkyl halides is 2. The van der Waals surface area contributed by atoms with Crippen molar-refractivity contribution in [1.82, 2.24) is 0 Å². The lowest BCUT2D eigenvalue weighted by atomic mass is 9.77. The molecular formula is C29H27F7O. The standard InChI is InChI=1S/C29H27F7O/c1-2-3-6-17-9-11-18(12-10-17)19-13-22(30)27(23(31)14-19)29(35,36)37-26-8-5-4-7-21(26)20-15-24(32)28(34)25(33)16-20/h4-5,7-8,13-18H,2-3,6,9-12H2,1H3. The Balaban J connectivity index is 1.58. The fraction of sp³-hybridized carbons (Fsp3) is 0.379. The number of ether oxygens (including phenoxy) is 1. The molecular weight excluding hydrogens is 497 g/mol. The van der Waals surface area contributed by atoms with Crippen molar-refractivity contribution >= 4 is 0 Å². The van der Waals surface area contributed by atoms with Gasteiger partial charge in [0, 0.05) is 5.56 Å². The molecule has 0 aliphatic heterocycles. The lowest BCUT2D eigenvalue weighted by Crippen LogP contribution is -2.26. The molecule has 0 heterocycles. The third kappa shape index (κ3) is 5.94. The molecule has 1 aliphatic rings. The third-order valence-electron chi connectivity index (χ3n) is 7.06. The van der Waals surface area contributed by atoms with E-state index < -0.39 is 46.5 Å². The highest BCUT2D eigenvalue weighted by atomic mass is 19.3. The Morgan fingerprint density at radius 3 is 2.00 bits per heavy atom. The number of benzene rings is 3. The summed E-state index contributed by atoms with van der Waals surface area (Å²) in [7, 11) is 0. The molecule has 1 saturated carbocycles.